The second-order valence-corrected chi connectivity index (χ2v) is 5.50. The average molecular weight is 345 g/mol. The van der Waals surface area contributed by atoms with Gasteiger partial charge in [-0.3, -0.25) is 0 Å². The van der Waals surface area contributed by atoms with Crippen LogP contribution in [0.2, 0.25) is 5.02 Å². The van der Waals surface area contributed by atoms with E-state index >= 15 is 0 Å². The second kappa shape index (κ2) is 6.86. The summed E-state index contributed by atoms with van der Waals surface area (Å²) in [6.45, 7) is -0.155. The predicted molar refractivity (Wildman–Crippen MR) is 90.4 cm³/mol. The molecule has 0 radical (unpaired) electrons. The summed E-state index contributed by atoms with van der Waals surface area (Å²) in [6, 6.07) is 13.5. The zero-order chi connectivity index (χ0) is 17.1. The Kier molecular flexibility index (Phi) is 4.64. The summed E-state index contributed by atoms with van der Waals surface area (Å²) in [7, 11) is 1.40. The molecule has 0 aliphatic rings. The van der Waals surface area contributed by atoms with Crippen LogP contribution in [-0.2, 0) is 9.53 Å². The van der Waals surface area contributed by atoms with Crippen LogP contribution >= 0.6 is 11.6 Å². The SMILES string of the molecule is COCC(=O)Oc1ccc2cc(-c3ccc(Cl)cc3)c(=O)oc2c1. The topological polar surface area (TPSA) is 65.7 Å². The molecule has 6 heteroatoms. The Morgan fingerprint density at radius 2 is 1.88 bits per heavy atom. The first kappa shape index (κ1) is 16.2. The van der Waals surface area contributed by atoms with Gasteiger partial charge in [0.05, 0.1) is 5.56 Å². The van der Waals surface area contributed by atoms with E-state index in [1.165, 1.54) is 13.2 Å². The molecular weight excluding hydrogens is 332 g/mol. The minimum atomic E-state index is -0.531. The Labute approximate surface area is 142 Å². The van der Waals surface area contributed by atoms with Crippen molar-refractivity contribution in [3.05, 3.63) is 64.0 Å². The third-order valence-corrected chi connectivity index (χ3v) is 3.61. The molecule has 5 nitrogen and oxygen atoms in total. The molecule has 3 rings (SSSR count). The summed E-state index contributed by atoms with van der Waals surface area (Å²) in [6.07, 6.45) is 0. The third-order valence-electron chi connectivity index (χ3n) is 3.36. The molecule has 24 heavy (non-hydrogen) atoms. The summed E-state index contributed by atoms with van der Waals surface area (Å²) in [5.74, 6) is -0.246. The normalized spacial score (nSPS) is 10.8. The average Bonchev–Trinajstić information content (AvgIpc) is 2.55. The van der Waals surface area contributed by atoms with E-state index in [2.05, 4.69) is 0 Å². The lowest BCUT2D eigenvalue weighted by Gasteiger charge is -2.06. The van der Waals surface area contributed by atoms with Crippen LogP contribution in [0.1, 0.15) is 0 Å². The van der Waals surface area contributed by atoms with E-state index in [0.29, 0.717) is 27.1 Å². The van der Waals surface area contributed by atoms with E-state index in [1.54, 1.807) is 42.5 Å². The van der Waals surface area contributed by atoms with Crippen LogP contribution in [0.25, 0.3) is 22.1 Å². The highest BCUT2D eigenvalue weighted by atomic mass is 35.5. The summed E-state index contributed by atoms with van der Waals surface area (Å²) in [5.41, 5.74) is 1.000. The van der Waals surface area contributed by atoms with Crippen LogP contribution in [-0.4, -0.2) is 19.7 Å². The fourth-order valence-corrected chi connectivity index (χ4v) is 2.39. The van der Waals surface area contributed by atoms with Gasteiger partial charge in [0.15, 0.2) is 0 Å². The minimum absolute atomic E-state index is 0.155. The Bertz CT molecular complexity index is 944. The summed E-state index contributed by atoms with van der Waals surface area (Å²) in [5, 5.41) is 1.30. The van der Waals surface area contributed by atoms with Crippen LogP contribution in [0.15, 0.2) is 57.7 Å². The molecule has 0 saturated carbocycles. The van der Waals surface area contributed by atoms with Crippen molar-refractivity contribution in [1.82, 2.24) is 0 Å². The van der Waals surface area contributed by atoms with Crippen molar-refractivity contribution in [3.63, 3.8) is 0 Å². The number of ether oxygens (including phenoxy) is 2. The van der Waals surface area contributed by atoms with Gasteiger partial charge in [0.25, 0.3) is 0 Å². The Hall–Kier alpha value is -2.63. The van der Waals surface area contributed by atoms with Crippen LogP contribution < -0.4 is 10.4 Å². The van der Waals surface area contributed by atoms with Crippen molar-refractivity contribution in [3.8, 4) is 16.9 Å². The standard InChI is InChI=1S/C18H13ClO5/c1-22-10-17(20)23-14-7-4-12-8-15(18(21)24-16(12)9-14)11-2-5-13(19)6-3-11/h2-9H,10H2,1H3. The van der Waals surface area contributed by atoms with Crippen molar-refractivity contribution < 1.29 is 18.7 Å². The van der Waals surface area contributed by atoms with Gasteiger partial charge >= 0.3 is 11.6 Å². The van der Waals surface area contributed by atoms with E-state index < -0.39 is 11.6 Å². The molecule has 0 bridgehead atoms. The van der Waals surface area contributed by atoms with E-state index in [-0.39, 0.29) is 12.4 Å². The molecule has 0 unspecified atom stereocenters. The fraction of sp³-hybridized carbons (Fsp3) is 0.111. The molecule has 0 fully saturated rings. The van der Waals surface area contributed by atoms with Gasteiger partial charge in [-0.05, 0) is 35.9 Å². The maximum atomic E-state index is 12.2. The van der Waals surface area contributed by atoms with E-state index in [1.807, 2.05) is 0 Å². The number of benzene rings is 2. The molecule has 122 valence electrons. The highest BCUT2D eigenvalue weighted by molar-refractivity contribution is 6.30. The molecule has 0 N–H and O–H groups in total. The number of esters is 1. The molecule has 0 amide bonds. The molecule has 0 aliphatic heterocycles. The van der Waals surface area contributed by atoms with Gasteiger partial charge in [0, 0.05) is 23.6 Å². The Morgan fingerprint density at radius 3 is 2.58 bits per heavy atom. The lowest BCUT2D eigenvalue weighted by Crippen LogP contribution is -2.14. The molecule has 0 spiro atoms. The number of methoxy groups -OCH3 is 1. The van der Waals surface area contributed by atoms with Crippen molar-refractivity contribution in [2.45, 2.75) is 0 Å². The molecule has 0 atom stereocenters. The monoisotopic (exact) mass is 344 g/mol. The smallest absolute Gasteiger partial charge is 0.344 e. The minimum Gasteiger partial charge on any atom is -0.425 e. The Morgan fingerprint density at radius 1 is 1.12 bits per heavy atom. The number of halogens is 1. The number of carbonyl (C=O) groups is 1. The fourth-order valence-electron chi connectivity index (χ4n) is 2.26. The molecule has 0 aliphatic carbocycles. The van der Waals surface area contributed by atoms with E-state index in [4.69, 9.17) is 25.5 Å². The van der Waals surface area contributed by atoms with Crippen LogP contribution in [0.3, 0.4) is 0 Å². The van der Waals surface area contributed by atoms with Gasteiger partial charge < -0.3 is 13.9 Å². The zero-order valence-electron chi connectivity index (χ0n) is 12.7. The van der Waals surface area contributed by atoms with Crippen LogP contribution in [0.5, 0.6) is 5.75 Å². The lowest BCUT2D eigenvalue weighted by molar-refractivity contribution is -0.138. The largest absolute Gasteiger partial charge is 0.425 e. The highest BCUT2D eigenvalue weighted by Gasteiger charge is 2.10. The zero-order valence-corrected chi connectivity index (χ0v) is 13.5. The third kappa shape index (κ3) is 3.48. The predicted octanol–water partition coefficient (Wildman–Crippen LogP) is 3.67. The molecule has 0 saturated heterocycles. The van der Waals surface area contributed by atoms with E-state index in [0.717, 1.165) is 0 Å². The maximum absolute atomic E-state index is 12.2. The number of hydrogen-bond acceptors (Lipinski definition) is 5. The van der Waals surface area contributed by atoms with E-state index in [9.17, 15) is 9.59 Å². The first-order valence-corrected chi connectivity index (χ1v) is 7.48. The van der Waals surface area contributed by atoms with Gasteiger partial charge in [-0.15, -0.1) is 0 Å². The number of hydrogen-bond donors (Lipinski definition) is 0. The van der Waals surface area contributed by atoms with Crippen LogP contribution in [0.4, 0.5) is 0 Å². The van der Waals surface area contributed by atoms with Crippen molar-refractivity contribution in [2.24, 2.45) is 0 Å². The number of rotatable bonds is 4. The summed E-state index contributed by atoms with van der Waals surface area (Å²) < 4.78 is 15.1. The highest BCUT2D eigenvalue weighted by Crippen LogP contribution is 2.25. The molecule has 1 heterocycles. The van der Waals surface area contributed by atoms with Gasteiger partial charge in [0.1, 0.15) is 17.9 Å². The Balaban J connectivity index is 1.99. The number of fused-ring (bicyclic) bond motifs is 1. The summed E-state index contributed by atoms with van der Waals surface area (Å²) in [4.78, 5) is 23.7. The van der Waals surface area contributed by atoms with Crippen LogP contribution in [0, 0.1) is 0 Å². The quantitative estimate of drug-likeness (QED) is 0.410. The van der Waals surface area contributed by atoms with Gasteiger partial charge in [-0.25, -0.2) is 9.59 Å². The second-order valence-electron chi connectivity index (χ2n) is 5.06. The molecule has 2 aromatic carbocycles. The molecule has 3 aromatic rings. The first-order chi connectivity index (χ1) is 11.6. The van der Waals surface area contributed by atoms with Gasteiger partial charge in [0.2, 0.25) is 0 Å². The first-order valence-electron chi connectivity index (χ1n) is 7.10. The van der Waals surface area contributed by atoms with Crippen molar-refractivity contribution in [2.75, 3.05) is 13.7 Å². The lowest BCUT2D eigenvalue weighted by atomic mass is 10.1. The summed E-state index contributed by atoms with van der Waals surface area (Å²) >= 11 is 5.86. The molecular formula is C18H13ClO5. The van der Waals surface area contributed by atoms with Crippen molar-refractivity contribution >= 4 is 28.5 Å². The van der Waals surface area contributed by atoms with Gasteiger partial charge in [-0.2, -0.15) is 0 Å². The van der Waals surface area contributed by atoms with Crippen molar-refractivity contribution in [1.29, 1.82) is 0 Å². The number of carbonyl (C=O) groups excluding carboxylic acids is 1. The van der Waals surface area contributed by atoms with Gasteiger partial charge in [-0.1, -0.05) is 23.7 Å². The maximum Gasteiger partial charge on any atom is 0.344 e. The molecule has 1 aromatic heterocycles.